The zero-order valence-electron chi connectivity index (χ0n) is 15.5. The first-order valence-corrected chi connectivity index (χ1v) is 8.71. The highest BCUT2D eigenvalue weighted by Gasteiger charge is 2.31. The average molecular weight is 356 g/mol. The Bertz CT molecular complexity index is 826. The van der Waals surface area contributed by atoms with Crippen LogP contribution in [0.15, 0.2) is 24.3 Å². The van der Waals surface area contributed by atoms with E-state index in [0.717, 1.165) is 16.8 Å². The van der Waals surface area contributed by atoms with Crippen molar-refractivity contribution in [3.05, 3.63) is 52.3 Å². The van der Waals surface area contributed by atoms with Crippen LogP contribution in [-0.4, -0.2) is 34.7 Å². The molecule has 0 fully saturated rings. The molecule has 2 amide bonds. The van der Waals surface area contributed by atoms with E-state index in [-0.39, 0.29) is 24.0 Å². The van der Waals surface area contributed by atoms with Crippen LogP contribution in [0.25, 0.3) is 0 Å². The summed E-state index contributed by atoms with van der Waals surface area (Å²) in [4.78, 5) is 24.3. The lowest BCUT2D eigenvalue weighted by molar-refractivity contribution is -0.00710. The average Bonchev–Trinajstić information content (AvgIpc) is 2.96. The Labute approximate surface area is 152 Å². The molecule has 2 atom stereocenters. The van der Waals surface area contributed by atoms with Crippen LogP contribution in [0.3, 0.4) is 0 Å². The molecular formula is C19H24N4O3. The van der Waals surface area contributed by atoms with E-state index in [4.69, 9.17) is 4.74 Å². The SMILES string of the molecule is CNC(=O)c1ccc(CNC(=O)c2c3c(nn2C)[C@H](C)O[C@H](C)C3)cc1. The van der Waals surface area contributed by atoms with Crippen molar-refractivity contribution in [3.63, 3.8) is 0 Å². The van der Waals surface area contributed by atoms with E-state index in [1.807, 2.05) is 26.0 Å². The van der Waals surface area contributed by atoms with Crippen molar-refractivity contribution in [3.8, 4) is 0 Å². The van der Waals surface area contributed by atoms with Gasteiger partial charge in [-0.2, -0.15) is 5.10 Å². The second-order valence-electron chi connectivity index (χ2n) is 6.59. The lowest BCUT2D eigenvalue weighted by Crippen LogP contribution is -2.28. The Kier molecular flexibility index (Phi) is 5.08. The Hall–Kier alpha value is -2.67. The third-order valence-electron chi connectivity index (χ3n) is 4.60. The maximum Gasteiger partial charge on any atom is 0.270 e. The minimum Gasteiger partial charge on any atom is -0.369 e. The minimum atomic E-state index is -0.155. The van der Waals surface area contributed by atoms with Gasteiger partial charge in [0.15, 0.2) is 0 Å². The number of aromatic nitrogens is 2. The lowest BCUT2D eigenvalue weighted by atomic mass is 9.99. The van der Waals surface area contributed by atoms with Crippen LogP contribution in [0.2, 0.25) is 0 Å². The Morgan fingerprint density at radius 3 is 2.58 bits per heavy atom. The number of rotatable bonds is 4. The third-order valence-corrected chi connectivity index (χ3v) is 4.60. The van der Waals surface area contributed by atoms with E-state index in [9.17, 15) is 9.59 Å². The van der Waals surface area contributed by atoms with Gasteiger partial charge in [0.1, 0.15) is 5.69 Å². The summed E-state index contributed by atoms with van der Waals surface area (Å²) in [5.41, 5.74) is 3.90. The molecule has 26 heavy (non-hydrogen) atoms. The van der Waals surface area contributed by atoms with Crippen LogP contribution >= 0.6 is 0 Å². The molecule has 0 saturated carbocycles. The van der Waals surface area contributed by atoms with Gasteiger partial charge in [0.25, 0.3) is 11.8 Å². The number of amides is 2. The van der Waals surface area contributed by atoms with Gasteiger partial charge < -0.3 is 15.4 Å². The van der Waals surface area contributed by atoms with Gasteiger partial charge in [-0.3, -0.25) is 14.3 Å². The molecule has 7 nitrogen and oxygen atoms in total. The van der Waals surface area contributed by atoms with Crippen molar-refractivity contribution >= 4 is 11.8 Å². The van der Waals surface area contributed by atoms with Crippen molar-refractivity contribution in [2.45, 2.75) is 39.0 Å². The number of carbonyl (C=O) groups excluding carboxylic acids is 2. The fourth-order valence-corrected chi connectivity index (χ4v) is 3.33. The maximum atomic E-state index is 12.7. The Morgan fingerprint density at radius 2 is 1.92 bits per heavy atom. The summed E-state index contributed by atoms with van der Waals surface area (Å²) in [5.74, 6) is -0.287. The molecule has 2 N–H and O–H groups in total. The topological polar surface area (TPSA) is 85.3 Å². The smallest absolute Gasteiger partial charge is 0.270 e. The first-order valence-electron chi connectivity index (χ1n) is 8.71. The zero-order valence-corrected chi connectivity index (χ0v) is 15.5. The maximum absolute atomic E-state index is 12.7. The van der Waals surface area contributed by atoms with Gasteiger partial charge >= 0.3 is 0 Å². The van der Waals surface area contributed by atoms with Crippen LogP contribution in [0.5, 0.6) is 0 Å². The Balaban J connectivity index is 1.72. The molecule has 2 aromatic rings. The summed E-state index contributed by atoms with van der Waals surface area (Å²) in [6.45, 7) is 4.34. The fraction of sp³-hybridized carbons (Fsp3) is 0.421. The number of hydrogen-bond donors (Lipinski definition) is 2. The molecule has 7 heteroatoms. The van der Waals surface area contributed by atoms with E-state index < -0.39 is 0 Å². The van der Waals surface area contributed by atoms with Crippen molar-refractivity contribution in [1.29, 1.82) is 0 Å². The third kappa shape index (κ3) is 3.48. The van der Waals surface area contributed by atoms with Crippen LogP contribution in [0.4, 0.5) is 0 Å². The molecule has 138 valence electrons. The second-order valence-corrected chi connectivity index (χ2v) is 6.59. The number of fused-ring (bicyclic) bond motifs is 1. The van der Waals surface area contributed by atoms with Crippen LogP contribution in [0, 0.1) is 0 Å². The molecule has 0 saturated heterocycles. The summed E-state index contributed by atoms with van der Waals surface area (Å²) >= 11 is 0. The molecule has 0 aliphatic carbocycles. The first-order chi connectivity index (χ1) is 12.4. The number of nitrogens with one attached hydrogen (secondary N) is 2. The summed E-state index contributed by atoms with van der Waals surface area (Å²) < 4.78 is 7.42. The quantitative estimate of drug-likeness (QED) is 0.874. The van der Waals surface area contributed by atoms with Gasteiger partial charge in [0, 0.05) is 38.2 Å². The van der Waals surface area contributed by atoms with Gasteiger partial charge in [-0.25, -0.2) is 0 Å². The number of ether oxygens (including phenoxy) is 1. The van der Waals surface area contributed by atoms with Crippen molar-refractivity contribution in [1.82, 2.24) is 20.4 Å². The van der Waals surface area contributed by atoms with Crippen molar-refractivity contribution < 1.29 is 14.3 Å². The molecule has 0 bridgehead atoms. The second kappa shape index (κ2) is 7.29. The molecular weight excluding hydrogens is 332 g/mol. The van der Waals surface area contributed by atoms with Crippen LogP contribution in [0.1, 0.15) is 57.6 Å². The van der Waals surface area contributed by atoms with Gasteiger partial charge in [0.05, 0.1) is 17.9 Å². The van der Waals surface area contributed by atoms with Gasteiger partial charge in [-0.15, -0.1) is 0 Å². The molecule has 0 radical (unpaired) electrons. The number of hydrogen-bond acceptors (Lipinski definition) is 4. The Morgan fingerprint density at radius 1 is 1.23 bits per heavy atom. The highest BCUT2D eigenvalue weighted by Crippen LogP contribution is 2.31. The monoisotopic (exact) mass is 356 g/mol. The number of nitrogens with zero attached hydrogens (tertiary/aromatic N) is 2. The summed E-state index contributed by atoms with van der Waals surface area (Å²) in [6, 6.07) is 7.16. The zero-order chi connectivity index (χ0) is 18.8. The van der Waals surface area contributed by atoms with Crippen LogP contribution in [-0.2, 0) is 24.8 Å². The highest BCUT2D eigenvalue weighted by atomic mass is 16.5. The fourth-order valence-electron chi connectivity index (χ4n) is 3.33. The molecule has 1 aromatic carbocycles. The van der Waals surface area contributed by atoms with E-state index >= 15 is 0 Å². The minimum absolute atomic E-state index is 0.0607. The lowest BCUT2D eigenvalue weighted by Gasteiger charge is -2.24. The van der Waals surface area contributed by atoms with Gasteiger partial charge in [0.2, 0.25) is 0 Å². The standard InChI is InChI=1S/C19H24N4O3/c1-11-9-15-16(12(2)26-11)22-23(4)17(15)19(25)21-10-13-5-7-14(8-6-13)18(24)20-3/h5-8,11-12H,9-10H2,1-4H3,(H,20,24)(H,21,25)/t11-,12+/m1/s1. The molecule has 1 aliphatic rings. The number of aryl methyl sites for hydroxylation is 1. The van der Waals surface area contributed by atoms with E-state index in [1.165, 1.54) is 0 Å². The van der Waals surface area contributed by atoms with Gasteiger partial charge in [-0.1, -0.05) is 12.1 Å². The summed E-state index contributed by atoms with van der Waals surface area (Å²) in [6.07, 6.45) is 0.626. The molecule has 0 spiro atoms. The van der Waals surface area contributed by atoms with Crippen molar-refractivity contribution in [2.75, 3.05) is 7.05 Å². The molecule has 3 rings (SSSR count). The largest absolute Gasteiger partial charge is 0.369 e. The summed E-state index contributed by atoms with van der Waals surface area (Å²) in [5, 5.41) is 10.00. The van der Waals surface area contributed by atoms with E-state index in [1.54, 1.807) is 30.9 Å². The van der Waals surface area contributed by atoms with E-state index in [0.29, 0.717) is 24.2 Å². The summed E-state index contributed by atoms with van der Waals surface area (Å²) in [7, 11) is 3.38. The molecule has 1 aromatic heterocycles. The molecule has 0 unspecified atom stereocenters. The van der Waals surface area contributed by atoms with Gasteiger partial charge in [-0.05, 0) is 31.5 Å². The molecule has 1 aliphatic heterocycles. The molecule has 2 heterocycles. The van der Waals surface area contributed by atoms with Crippen LogP contribution < -0.4 is 10.6 Å². The first kappa shape index (κ1) is 18.1. The predicted molar refractivity (Wildman–Crippen MR) is 96.9 cm³/mol. The highest BCUT2D eigenvalue weighted by molar-refractivity contribution is 5.95. The predicted octanol–water partition coefficient (Wildman–Crippen LogP) is 1.73. The van der Waals surface area contributed by atoms with Crippen molar-refractivity contribution in [2.24, 2.45) is 7.05 Å². The normalized spacial score (nSPS) is 18.9. The number of carbonyl (C=O) groups is 2. The van der Waals surface area contributed by atoms with E-state index in [2.05, 4.69) is 15.7 Å². The number of benzene rings is 1.